The average molecular weight is 278 g/mol. The highest BCUT2D eigenvalue weighted by Crippen LogP contribution is 2.16. The predicted molar refractivity (Wildman–Crippen MR) is 70.4 cm³/mol. The second-order valence-electron chi connectivity index (χ2n) is 3.73. The van der Waals surface area contributed by atoms with Crippen LogP contribution in [-0.2, 0) is 17.1 Å². The lowest BCUT2D eigenvalue weighted by molar-refractivity contribution is 0.558. The number of hydrogen-bond donors (Lipinski definition) is 2. The van der Waals surface area contributed by atoms with E-state index in [4.69, 9.17) is 5.73 Å². The maximum absolute atomic E-state index is 12.1. The molecule has 0 saturated heterocycles. The Kier molecular flexibility index (Phi) is 4.84. The van der Waals surface area contributed by atoms with Gasteiger partial charge in [0.05, 0.1) is 0 Å². The normalized spacial score (nSPS) is 13.8. The van der Waals surface area contributed by atoms with Crippen LogP contribution in [0.2, 0.25) is 0 Å². The van der Waals surface area contributed by atoms with E-state index in [-0.39, 0.29) is 16.8 Å². The first-order valence-electron chi connectivity index (χ1n) is 5.21. The molecule has 0 fully saturated rings. The van der Waals surface area contributed by atoms with Gasteiger partial charge in [-0.3, -0.25) is 4.68 Å². The van der Waals surface area contributed by atoms with Crippen molar-refractivity contribution in [2.45, 2.75) is 24.3 Å². The second kappa shape index (κ2) is 5.74. The summed E-state index contributed by atoms with van der Waals surface area (Å²) in [4.78, 5) is 0.0413. The number of nitrogen functional groups attached to an aromatic ring is 1. The van der Waals surface area contributed by atoms with Crippen molar-refractivity contribution in [1.82, 2.24) is 14.5 Å². The van der Waals surface area contributed by atoms with Gasteiger partial charge in [0.25, 0.3) is 0 Å². The zero-order valence-electron chi connectivity index (χ0n) is 10.2. The molecule has 0 amide bonds. The second-order valence-corrected chi connectivity index (χ2v) is 6.33. The van der Waals surface area contributed by atoms with Crippen LogP contribution in [0.15, 0.2) is 11.1 Å². The lowest BCUT2D eigenvalue weighted by atomic mass is 10.3. The van der Waals surface area contributed by atoms with Gasteiger partial charge in [-0.2, -0.15) is 16.9 Å². The Hall–Kier alpha value is -0.730. The van der Waals surface area contributed by atoms with Crippen molar-refractivity contribution >= 4 is 27.6 Å². The Morgan fingerprint density at radius 3 is 2.71 bits per heavy atom. The summed E-state index contributed by atoms with van der Waals surface area (Å²) < 4.78 is 28.1. The highest BCUT2D eigenvalue weighted by Gasteiger charge is 2.23. The molecule has 0 radical (unpaired) electrons. The van der Waals surface area contributed by atoms with Crippen LogP contribution in [0, 0.1) is 0 Å². The first-order chi connectivity index (χ1) is 7.90. The minimum atomic E-state index is -3.58. The van der Waals surface area contributed by atoms with Gasteiger partial charge in [0.15, 0.2) is 5.82 Å². The van der Waals surface area contributed by atoms with Crippen LogP contribution in [0.3, 0.4) is 0 Å². The van der Waals surface area contributed by atoms with E-state index in [1.165, 1.54) is 10.9 Å². The topological polar surface area (TPSA) is 90.0 Å². The molecule has 0 aliphatic carbocycles. The minimum absolute atomic E-state index is 0.0269. The fourth-order valence-electron chi connectivity index (χ4n) is 1.41. The molecule has 0 spiro atoms. The van der Waals surface area contributed by atoms with Gasteiger partial charge >= 0.3 is 0 Å². The summed E-state index contributed by atoms with van der Waals surface area (Å²) in [6, 6.07) is -0.0883. The van der Waals surface area contributed by atoms with Crippen LogP contribution in [0.1, 0.15) is 13.3 Å². The molecule has 98 valence electrons. The largest absolute Gasteiger partial charge is 0.381 e. The van der Waals surface area contributed by atoms with Gasteiger partial charge in [0.2, 0.25) is 10.0 Å². The Labute approximate surface area is 106 Å². The standard InChI is InChI=1S/C9H18N4O2S2/c1-4-7(6-16-3)12-17(14,15)8-5-13(2)11-9(8)10/h5,7,12H,4,6H2,1-3H3,(H2,10,11). The Balaban J connectivity index is 2.92. The number of aryl methyl sites for hydroxylation is 1. The smallest absolute Gasteiger partial charge is 0.246 e. The predicted octanol–water partition coefficient (Wildman–Crippen LogP) is 0.422. The molecule has 1 unspecified atom stereocenters. The first kappa shape index (κ1) is 14.3. The van der Waals surface area contributed by atoms with E-state index in [2.05, 4.69) is 9.82 Å². The molecule has 0 aliphatic rings. The highest BCUT2D eigenvalue weighted by atomic mass is 32.2. The third-order valence-electron chi connectivity index (χ3n) is 2.29. The van der Waals surface area contributed by atoms with Gasteiger partial charge in [-0.1, -0.05) is 6.92 Å². The molecule has 1 aromatic rings. The molecular weight excluding hydrogens is 260 g/mol. The molecule has 0 aliphatic heterocycles. The van der Waals surface area contributed by atoms with Crippen molar-refractivity contribution < 1.29 is 8.42 Å². The van der Waals surface area contributed by atoms with Crippen LogP contribution in [0.5, 0.6) is 0 Å². The number of sulfonamides is 1. The summed E-state index contributed by atoms with van der Waals surface area (Å²) in [5, 5.41) is 3.83. The lowest BCUT2D eigenvalue weighted by Gasteiger charge is -2.15. The number of thioether (sulfide) groups is 1. The molecule has 1 atom stereocenters. The van der Waals surface area contributed by atoms with Crippen LogP contribution < -0.4 is 10.5 Å². The number of hydrogen-bond acceptors (Lipinski definition) is 5. The van der Waals surface area contributed by atoms with E-state index in [0.29, 0.717) is 0 Å². The summed E-state index contributed by atoms with van der Waals surface area (Å²) in [6.45, 7) is 1.94. The van der Waals surface area contributed by atoms with Crippen molar-refractivity contribution in [1.29, 1.82) is 0 Å². The van der Waals surface area contributed by atoms with Crippen molar-refractivity contribution in [3.8, 4) is 0 Å². The molecule has 1 rings (SSSR count). The van der Waals surface area contributed by atoms with Gasteiger partial charge in [0.1, 0.15) is 4.90 Å². The molecular formula is C9H18N4O2S2. The summed E-state index contributed by atoms with van der Waals surface area (Å²) in [5.74, 6) is 0.759. The fourth-order valence-corrected chi connectivity index (χ4v) is 3.66. The highest BCUT2D eigenvalue weighted by molar-refractivity contribution is 7.98. The molecule has 6 nitrogen and oxygen atoms in total. The van der Waals surface area contributed by atoms with Crippen molar-refractivity contribution in [3.05, 3.63) is 6.20 Å². The zero-order valence-corrected chi connectivity index (χ0v) is 11.8. The third kappa shape index (κ3) is 3.62. The van der Waals surface area contributed by atoms with Gasteiger partial charge in [-0.25, -0.2) is 13.1 Å². The van der Waals surface area contributed by atoms with E-state index in [9.17, 15) is 8.42 Å². The number of anilines is 1. The number of rotatable bonds is 6. The molecule has 3 N–H and O–H groups in total. The fraction of sp³-hybridized carbons (Fsp3) is 0.667. The van der Waals surface area contributed by atoms with Crippen LogP contribution in [-0.4, -0.2) is 36.2 Å². The maximum Gasteiger partial charge on any atom is 0.246 e. The van der Waals surface area contributed by atoms with Gasteiger partial charge < -0.3 is 5.73 Å². The number of nitrogens with two attached hydrogens (primary N) is 1. The molecule has 0 bridgehead atoms. The van der Waals surface area contributed by atoms with Gasteiger partial charge in [0, 0.05) is 25.0 Å². The Morgan fingerprint density at radius 1 is 1.65 bits per heavy atom. The number of nitrogens with one attached hydrogen (secondary N) is 1. The summed E-state index contributed by atoms with van der Waals surface area (Å²) in [7, 11) is -1.94. The molecule has 0 saturated carbocycles. The molecule has 17 heavy (non-hydrogen) atoms. The van der Waals surface area contributed by atoms with E-state index >= 15 is 0 Å². The SMILES string of the molecule is CCC(CSC)NS(=O)(=O)c1cn(C)nc1N. The van der Waals surface area contributed by atoms with Crippen LogP contribution in [0.25, 0.3) is 0 Å². The van der Waals surface area contributed by atoms with Crippen LogP contribution in [0.4, 0.5) is 5.82 Å². The Morgan fingerprint density at radius 2 is 2.29 bits per heavy atom. The van der Waals surface area contributed by atoms with Crippen molar-refractivity contribution in [3.63, 3.8) is 0 Å². The molecule has 1 aromatic heterocycles. The van der Waals surface area contributed by atoms with E-state index in [0.717, 1.165) is 12.2 Å². The molecule has 1 heterocycles. The van der Waals surface area contributed by atoms with E-state index < -0.39 is 10.0 Å². The third-order valence-corrected chi connectivity index (χ3v) is 4.57. The van der Waals surface area contributed by atoms with Crippen molar-refractivity contribution in [2.75, 3.05) is 17.7 Å². The van der Waals surface area contributed by atoms with Crippen LogP contribution >= 0.6 is 11.8 Å². The first-order valence-corrected chi connectivity index (χ1v) is 8.08. The average Bonchev–Trinajstić information content (AvgIpc) is 2.57. The van der Waals surface area contributed by atoms with Gasteiger partial charge in [-0.15, -0.1) is 0 Å². The molecule has 0 aromatic carbocycles. The number of nitrogens with zero attached hydrogens (tertiary/aromatic N) is 2. The van der Waals surface area contributed by atoms with Gasteiger partial charge in [-0.05, 0) is 12.7 Å². The Bertz CT molecular complexity index is 469. The summed E-state index contributed by atoms with van der Waals surface area (Å²) in [5.41, 5.74) is 5.56. The monoisotopic (exact) mass is 278 g/mol. The van der Waals surface area contributed by atoms with E-state index in [1.54, 1.807) is 18.8 Å². The van der Waals surface area contributed by atoms with Crippen molar-refractivity contribution in [2.24, 2.45) is 7.05 Å². The molecule has 8 heteroatoms. The quantitative estimate of drug-likeness (QED) is 0.787. The maximum atomic E-state index is 12.1. The van der Waals surface area contributed by atoms with E-state index in [1.807, 2.05) is 13.2 Å². The lowest BCUT2D eigenvalue weighted by Crippen LogP contribution is -2.36. The summed E-state index contributed by atoms with van der Waals surface area (Å²) >= 11 is 1.60. The zero-order chi connectivity index (χ0) is 13.1. The summed E-state index contributed by atoms with van der Waals surface area (Å²) in [6.07, 6.45) is 4.08. The number of aromatic nitrogens is 2. The minimum Gasteiger partial charge on any atom is -0.381 e.